The van der Waals surface area contributed by atoms with Crippen molar-refractivity contribution < 1.29 is 28.8 Å². The SMILES string of the molecule is C=CC[C@H]1CN(C[C@H](O)c2ccnc3ccc(OC)cc23)CC[C@]12CN(c1ccc3c(c1)OCCO3)C(=O)O2. The summed E-state index contributed by atoms with van der Waals surface area (Å²) in [4.78, 5) is 21.5. The molecule has 204 valence electrons. The number of ether oxygens (including phenoxy) is 4. The number of hydrogen-bond donors (Lipinski definition) is 1. The number of aliphatic hydroxyl groups is 1. The van der Waals surface area contributed by atoms with E-state index in [0.717, 1.165) is 27.9 Å². The van der Waals surface area contributed by atoms with Crippen LogP contribution in [0.15, 0.2) is 61.3 Å². The van der Waals surface area contributed by atoms with Gasteiger partial charge >= 0.3 is 6.09 Å². The summed E-state index contributed by atoms with van der Waals surface area (Å²) in [6.45, 7) is 7.25. The van der Waals surface area contributed by atoms with Crippen molar-refractivity contribution in [1.82, 2.24) is 9.88 Å². The summed E-state index contributed by atoms with van der Waals surface area (Å²) in [5.41, 5.74) is 1.73. The average Bonchev–Trinajstić information content (AvgIpc) is 3.30. The first kappa shape index (κ1) is 25.5. The van der Waals surface area contributed by atoms with E-state index in [-0.39, 0.29) is 12.0 Å². The first-order valence-corrected chi connectivity index (χ1v) is 13.3. The molecule has 0 aliphatic carbocycles. The second-order valence-electron chi connectivity index (χ2n) is 10.4. The monoisotopic (exact) mass is 531 g/mol. The molecule has 1 spiro atoms. The smallest absolute Gasteiger partial charge is 0.415 e. The van der Waals surface area contributed by atoms with Crippen molar-refractivity contribution in [2.45, 2.75) is 24.5 Å². The number of allylic oxidation sites excluding steroid dienone is 1. The van der Waals surface area contributed by atoms with Gasteiger partial charge in [-0.2, -0.15) is 0 Å². The summed E-state index contributed by atoms with van der Waals surface area (Å²) in [5, 5.41) is 12.2. The number of pyridine rings is 1. The van der Waals surface area contributed by atoms with E-state index >= 15 is 0 Å². The molecule has 0 radical (unpaired) electrons. The van der Waals surface area contributed by atoms with Crippen molar-refractivity contribution >= 4 is 22.7 Å². The minimum atomic E-state index is -0.707. The number of aromatic nitrogens is 1. The number of aliphatic hydroxyl groups excluding tert-OH is 1. The summed E-state index contributed by atoms with van der Waals surface area (Å²) in [5.74, 6) is 2.08. The highest BCUT2D eigenvalue weighted by Gasteiger charge is 2.53. The van der Waals surface area contributed by atoms with E-state index < -0.39 is 11.7 Å². The van der Waals surface area contributed by atoms with Gasteiger partial charge in [0.25, 0.3) is 0 Å². The number of nitrogens with zero attached hydrogens (tertiary/aromatic N) is 3. The number of carbonyl (C=O) groups excluding carboxylic acids is 1. The molecule has 2 fully saturated rings. The fourth-order valence-electron chi connectivity index (χ4n) is 6.02. The Bertz CT molecular complexity index is 1400. The lowest BCUT2D eigenvalue weighted by molar-refractivity contribution is -0.0545. The van der Waals surface area contributed by atoms with Crippen molar-refractivity contribution in [3.8, 4) is 17.2 Å². The van der Waals surface area contributed by atoms with E-state index in [1.165, 1.54) is 0 Å². The van der Waals surface area contributed by atoms with Crippen LogP contribution in [0.3, 0.4) is 0 Å². The van der Waals surface area contributed by atoms with Gasteiger partial charge in [-0.3, -0.25) is 14.8 Å². The average molecular weight is 532 g/mol. The Hall–Kier alpha value is -3.82. The van der Waals surface area contributed by atoms with Crippen LogP contribution >= 0.6 is 0 Å². The number of anilines is 1. The Morgan fingerprint density at radius 1 is 1.21 bits per heavy atom. The van der Waals surface area contributed by atoms with Crippen LogP contribution in [-0.2, 0) is 4.74 Å². The molecule has 9 heteroatoms. The van der Waals surface area contributed by atoms with E-state index in [4.69, 9.17) is 18.9 Å². The zero-order valence-corrected chi connectivity index (χ0v) is 22.0. The Balaban J connectivity index is 1.19. The third-order valence-electron chi connectivity index (χ3n) is 8.07. The van der Waals surface area contributed by atoms with Crippen LogP contribution in [0.25, 0.3) is 10.9 Å². The lowest BCUT2D eigenvalue weighted by Gasteiger charge is -2.44. The maximum atomic E-state index is 13.1. The quantitative estimate of drug-likeness (QED) is 0.450. The van der Waals surface area contributed by atoms with E-state index in [1.54, 1.807) is 18.2 Å². The lowest BCUT2D eigenvalue weighted by Crippen LogP contribution is -2.54. The normalized spacial score (nSPS) is 23.6. The topological polar surface area (TPSA) is 93.6 Å². The van der Waals surface area contributed by atoms with Gasteiger partial charge in [0.1, 0.15) is 24.6 Å². The van der Waals surface area contributed by atoms with E-state index in [1.807, 2.05) is 48.5 Å². The van der Waals surface area contributed by atoms with Gasteiger partial charge in [-0.05, 0) is 48.4 Å². The Morgan fingerprint density at radius 2 is 2.05 bits per heavy atom. The van der Waals surface area contributed by atoms with Crippen molar-refractivity contribution in [3.05, 3.63) is 66.9 Å². The van der Waals surface area contributed by atoms with Gasteiger partial charge in [0.2, 0.25) is 0 Å². The molecule has 3 aromatic rings. The van der Waals surface area contributed by atoms with Crippen molar-refractivity contribution in [2.24, 2.45) is 5.92 Å². The van der Waals surface area contributed by atoms with E-state index in [9.17, 15) is 9.90 Å². The van der Waals surface area contributed by atoms with Crippen LogP contribution in [0, 0.1) is 5.92 Å². The predicted molar refractivity (Wildman–Crippen MR) is 147 cm³/mol. The van der Waals surface area contributed by atoms with Crippen LogP contribution in [0.5, 0.6) is 17.2 Å². The summed E-state index contributed by atoms with van der Waals surface area (Å²) in [6.07, 6.45) is 3.91. The maximum Gasteiger partial charge on any atom is 0.415 e. The number of rotatable bonds is 7. The molecule has 1 N–H and O–H groups in total. The number of methoxy groups -OCH3 is 1. The molecule has 2 aromatic carbocycles. The van der Waals surface area contributed by atoms with Crippen molar-refractivity contribution in [3.63, 3.8) is 0 Å². The number of likely N-dealkylation sites (tertiary alicyclic amines) is 1. The predicted octanol–water partition coefficient (Wildman–Crippen LogP) is 4.34. The van der Waals surface area contributed by atoms with E-state index in [2.05, 4.69) is 16.5 Å². The molecular weight excluding hydrogens is 498 g/mol. The van der Waals surface area contributed by atoms with Crippen LogP contribution in [0.2, 0.25) is 0 Å². The Labute approximate surface area is 227 Å². The second kappa shape index (κ2) is 10.4. The first-order valence-electron chi connectivity index (χ1n) is 13.3. The van der Waals surface area contributed by atoms with Gasteiger partial charge in [-0.25, -0.2) is 4.79 Å². The summed E-state index contributed by atoms with van der Waals surface area (Å²) < 4.78 is 22.9. The van der Waals surface area contributed by atoms with Gasteiger partial charge in [-0.15, -0.1) is 6.58 Å². The molecule has 0 saturated carbocycles. The first-order chi connectivity index (χ1) is 19.0. The highest BCUT2D eigenvalue weighted by Crippen LogP contribution is 2.43. The second-order valence-corrected chi connectivity index (χ2v) is 10.4. The largest absolute Gasteiger partial charge is 0.497 e. The molecule has 9 nitrogen and oxygen atoms in total. The molecule has 3 aliphatic rings. The summed E-state index contributed by atoms with van der Waals surface area (Å²) in [6, 6.07) is 13.1. The molecule has 4 heterocycles. The van der Waals surface area contributed by atoms with Crippen LogP contribution in [-0.4, -0.2) is 73.2 Å². The highest BCUT2D eigenvalue weighted by molar-refractivity contribution is 5.91. The molecule has 3 aliphatic heterocycles. The molecule has 0 unspecified atom stereocenters. The maximum absolute atomic E-state index is 13.1. The molecule has 1 aromatic heterocycles. The summed E-state index contributed by atoms with van der Waals surface area (Å²) >= 11 is 0. The highest BCUT2D eigenvalue weighted by atomic mass is 16.6. The molecular formula is C30H33N3O6. The molecule has 1 amide bonds. The fourth-order valence-corrected chi connectivity index (χ4v) is 6.02. The zero-order chi connectivity index (χ0) is 27.0. The summed E-state index contributed by atoms with van der Waals surface area (Å²) in [7, 11) is 1.63. The number of fused-ring (bicyclic) bond motifs is 2. The van der Waals surface area contributed by atoms with Gasteiger partial charge in [-0.1, -0.05) is 6.08 Å². The van der Waals surface area contributed by atoms with Gasteiger partial charge in [0.15, 0.2) is 11.5 Å². The number of piperidine rings is 1. The zero-order valence-electron chi connectivity index (χ0n) is 22.0. The van der Waals surface area contributed by atoms with Gasteiger partial charge in [0.05, 0.1) is 31.0 Å². The minimum absolute atomic E-state index is 0.0383. The van der Waals surface area contributed by atoms with Crippen LogP contribution < -0.4 is 19.1 Å². The molecule has 2 saturated heterocycles. The number of amides is 1. The van der Waals surface area contributed by atoms with Crippen molar-refractivity contribution in [1.29, 1.82) is 0 Å². The standard InChI is InChI=1S/C30H33N3O6/c1-3-4-20-17-32(18-26(34)23-9-11-31-25-7-6-22(36-2)16-24(23)25)12-10-30(20)19-33(29(35)39-30)21-5-8-27-28(15-21)38-14-13-37-27/h3,5-9,11,15-16,20,26,34H,1,4,10,12-14,17-19H2,2H3/t20-,26-,30-/m0/s1. The Morgan fingerprint density at radius 3 is 2.87 bits per heavy atom. The van der Waals surface area contributed by atoms with E-state index in [0.29, 0.717) is 63.7 Å². The molecule has 6 rings (SSSR count). The van der Waals surface area contributed by atoms with Crippen molar-refractivity contribution in [2.75, 3.05) is 51.4 Å². The number of hydrogen-bond acceptors (Lipinski definition) is 8. The molecule has 3 atom stereocenters. The van der Waals surface area contributed by atoms with Crippen LogP contribution in [0.1, 0.15) is 24.5 Å². The third-order valence-corrected chi connectivity index (χ3v) is 8.07. The number of benzene rings is 2. The molecule has 0 bridgehead atoms. The lowest BCUT2D eigenvalue weighted by atomic mass is 9.78. The van der Waals surface area contributed by atoms with Gasteiger partial charge < -0.3 is 24.1 Å². The minimum Gasteiger partial charge on any atom is -0.497 e. The van der Waals surface area contributed by atoms with Gasteiger partial charge in [0, 0.05) is 49.6 Å². The third kappa shape index (κ3) is 4.77. The number of carbonyl (C=O) groups is 1. The molecule has 39 heavy (non-hydrogen) atoms. The number of β-amino-alcohol motifs (C(OH)–C–C–N with tert-alkyl or cyclic N) is 1. The fraction of sp³-hybridized carbons (Fsp3) is 0.400. The van der Waals surface area contributed by atoms with Crippen LogP contribution in [0.4, 0.5) is 10.5 Å². The Kier molecular flexibility index (Phi) is 6.78.